The molecule has 0 aromatic heterocycles. The Bertz CT molecular complexity index is 1090. The number of rotatable bonds is 12. The predicted molar refractivity (Wildman–Crippen MR) is 130 cm³/mol. The lowest BCUT2D eigenvalue weighted by Gasteiger charge is -2.17. The number of carboxylic acids is 1. The van der Waals surface area contributed by atoms with Crippen LogP contribution in [0.1, 0.15) is 42.3 Å². The summed E-state index contributed by atoms with van der Waals surface area (Å²) < 4.78 is 17.2. The summed E-state index contributed by atoms with van der Waals surface area (Å²) in [4.78, 5) is 24.0. The number of aryl methyl sites for hydroxylation is 1. The highest BCUT2D eigenvalue weighted by Gasteiger charge is 2.17. The van der Waals surface area contributed by atoms with E-state index >= 15 is 0 Å². The van der Waals surface area contributed by atoms with Gasteiger partial charge >= 0.3 is 5.97 Å². The molecule has 0 bridgehead atoms. The van der Waals surface area contributed by atoms with Gasteiger partial charge in [0, 0.05) is 11.5 Å². The Hall–Kier alpha value is -3.80. The zero-order valence-corrected chi connectivity index (χ0v) is 19.7. The molecule has 0 heterocycles. The molecule has 0 radical (unpaired) electrons. The van der Waals surface area contributed by atoms with Crippen molar-refractivity contribution in [1.29, 1.82) is 0 Å². The summed E-state index contributed by atoms with van der Waals surface area (Å²) in [6, 6.07) is 21.8. The zero-order chi connectivity index (χ0) is 24.5. The van der Waals surface area contributed by atoms with E-state index in [-0.39, 0.29) is 11.7 Å². The third-order valence-corrected chi connectivity index (χ3v) is 5.28. The van der Waals surface area contributed by atoms with Crippen molar-refractivity contribution in [3.63, 3.8) is 0 Å². The van der Waals surface area contributed by atoms with Crippen LogP contribution in [-0.2, 0) is 11.2 Å². The Kier molecular flexibility index (Phi) is 8.68. The topological polar surface area (TPSA) is 82.1 Å². The van der Waals surface area contributed by atoms with Gasteiger partial charge in [0.25, 0.3) is 0 Å². The highest BCUT2D eigenvalue weighted by molar-refractivity contribution is 6.10. The van der Waals surface area contributed by atoms with E-state index < -0.39 is 12.1 Å². The number of carbonyl (C=O) groups excluding carboxylic acids is 1. The predicted octanol–water partition coefficient (Wildman–Crippen LogP) is 5.43. The highest BCUT2D eigenvalue weighted by atomic mass is 16.5. The Balaban J connectivity index is 1.58. The van der Waals surface area contributed by atoms with Crippen molar-refractivity contribution in [1.82, 2.24) is 0 Å². The summed E-state index contributed by atoms with van der Waals surface area (Å²) in [5.74, 6) is 0.654. The lowest BCUT2D eigenvalue weighted by atomic mass is 9.99. The third kappa shape index (κ3) is 6.85. The molecular weight excluding hydrogens is 432 g/mol. The van der Waals surface area contributed by atoms with E-state index in [2.05, 4.69) is 6.92 Å². The average Bonchev–Trinajstić information content (AvgIpc) is 2.87. The van der Waals surface area contributed by atoms with Gasteiger partial charge in [-0.2, -0.15) is 0 Å². The smallest absolute Gasteiger partial charge is 0.344 e. The van der Waals surface area contributed by atoms with E-state index in [1.165, 1.54) is 6.92 Å². The quantitative estimate of drug-likeness (QED) is 0.362. The van der Waals surface area contributed by atoms with E-state index in [1.54, 1.807) is 36.4 Å². The van der Waals surface area contributed by atoms with Crippen LogP contribution in [0.5, 0.6) is 17.2 Å². The van der Waals surface area contributed by atoms with Gasteiger partial charge in [-0.1, -0.05) is 50.2 Å². The van der Waals surface area contributed by atoms with Gasteiger partial charge in [0.1, 0.15) is 17.2 Å². The summed E-state index contributed by atoms with van der Waals surface area (Å²) in [6.45, 7) is 6.34. The van der Waals surface area contributed by atoms with Crippen molar-refractivity contribution < 1.29 is 28.9 Å². The summed E-state index contributed by atoms with van der Waals surface area (Å²) in [7, 11) is 0. The molecule has 1 N–H and O–H groups in total. The fraction of sp³-hybridized carbons (Fsp3) is 0.286. The molecule has 0 aliphatic rings. The van der Waals surface area contributed by atoms with Crippen LogP contribution in [0.15, 0.2) is 72.8 Å². The van der Waals surface area contributed by atoms with Crippen LogP contribution >= 0.6 is 0 Å². The van der Waals surface area contributed by atoms with Crippen LogP contribution in [0, 0.1) is 5.92 Å². The molecule has 0 spiro atoms. The van der Waals surface area contributed by atoms with Gasteiger partial charge in [-0.05, 0) is 55.3 Å². The monoisotopic (exact) mass is 462 g/mol. The zero-order valence-electron chi connectivity index (χ0n) is 19.7. The summed E-state index contributed by atoms with van der Waals surface area (Å²) in [5, 5.41) is 8.93. The SMILES string of the molecule is CCc1ccc(OCC(C)COc2ccc(OC(C)C(=O)O)cc2)c(C(=O)c2ccccc2)c1. The standard InChI is InChI=1S/C28H30O6/c1-4-21-10-15-26(25(16-21)27(29)22-8-6-5-7-9-22)33-18-19(2)17-32-23-11-13-24(14-12-23)34-20(3)28(30)31/h5-16,19-20H,4,17-18H2,1-3H3,(H,30,31). The molecule has 0 aliphatic heterocycles. The van der Waals surface area contributed by atoms with Gasteiger partial charge in [0.15, 0.2) is 11.9 Å². The van der Waals surface area contributed by atoms with Gasteiger partial charge in [0.2, 0.25) is 0 Å². The van der Waals surface area contributed by atoms with Crippen LogP contribution in [0.2, 0.25) is 0 Å². The van der Waals surface area contributed by atoms with Crippen LogP contribution < -0.4 is 14.2 Å². The van der Waals surface area contributed by atoms with Gasteiger partial charge in [-0.15, -0.1) is 0 Å². The van der Waals surface area contributed by atoms with Crippen molar-refractivity contribution in [3.8, 4) is 17.2 Å². The van der Waals surface area contributed by atoms with Crippen LogP contribution in [0.3, 0.4) is 0 Å². The number of carboxylic acid groups (broad SMARTS) is 1. The second kappa shape index (κ2) is 11.9. The van der Waals surface area contributed by atoms with E-state index in [4.69, 9.17) is 19.3 Å². The fourth-order valence-electron chi connectivity index (χ4n) is 3.23. The first-order valence-corrected chi connectivity index (χ1v) is 11.3. The van der Waals surface area contributed by atoms with Crippen LogP contribution in [0.25, 0.3) is 0 Å². The summed E-state index contributed by atoms with van der Waals surface area (Å²) in [5.41, 5.74) is 2.26. The molecule has 0 saturated carbocycles. The maximum absolute atomic E-state index is 13.1. The lowest BCUT2D eigenvalue weighted by molar-refractivity contribution is -0.144. The molecular formula is C28H30O6. The van der Waals surface area contributed by atoms with Crippen molar-refractivity contribution >= 4 is 11.8 Å². The normalized spacial score (nSPS) is 12.4. The van der Waals surface area contributed by atoms with Crippen LogP contribution in [0.4, 0.5) is 0 Å². The minimum absolute atomic E-state index is 0.0608. The number of hydrogen-bond acceptors (Lipinski definition) is 5. The highest BCUT2D eigenvalue weighted by Crippen LogP contribution is 2.25. The number of ketones is 1. The Morgan fingerprint density at radius 1 is 0.853 bits per heavy atom. The molecule has 34 heavy (non-hydrogen) atoms. The number of hydrogen-bond donors (Lipinski definition) is 1. The molecule has 6 nitrogen and oxygen atoms in total. The Morgan fingerprint density at radius 3 is 2.15 bits per heavy atom. The first-order valence-electron chi connectivity index (χ1n) is 11.3. The number of aliphatic carboxylic acids is 1. The lowest BCUT2D eigenvalue weighted by Crippen LogP contribution is -2.22. The van der Waals surface area contributed by atoms with E-state index in [0.717, 1.165) is 12.0 Å². The molecule has 0 amide bonds. The number of benzene rings is 3. The molecule has 2 atom stereocenters. The molecule has 3 aromatic rings. The van der Waals surface area contributed by atoms with Crippen molar-refractivity contribution in [2.24, 2.45) is 5.92 Å². The number of carbonyl (C=O) groups is 2. The number of ether oxygens (including phenoxy) is 3. The first-order chi connectivity index (χ1) is 16.4. The van der Waals surface area contributed by atoms with Crippen LogP contribution in [-0.4, -0.2) is 36.2 Å². The molecule has 2 unspecified atom stereocenters. The van der Waals surface area contributed by atoms with E-state index in [9.17, 15) is 9.59 Å². The average molecular weight is 463 g/mol. The van der Waals surface area contributed by atoms with Gasteiger partial charge in [-0.3, -0.25) is 4.79 Å². The van der Waals surface area contributed by atoms with Crippen molar-refractivity contribution in [2.45, 2.75) is 33.3 Å². The maximum Gasteiger partial charge on any atom is 0.344 e. The second-order valence-electron chi connectivity index (χ2n) is 8.18. The van der Waals surface area contributed by atoms with Crippen molar-refractivity contribution in [2.75, 3.05) is 13.2 Å². The minimum Gasteiger partial charge on any atom is -0.493 e. The molecule has 3 aromatic carbocycles. The largest absolute Gasteiger partial charge is 0.493 e. The molecule has 0 fully saturated rings. The maximum atomic E-state index is 13.1. The molecule has 6 heteroatoms. The van der Waals surface area contributed by atoms with E-state index in [1.807, 2.05) is 43.3 Å². The second-order valence-corrected chi connectivity index (χ2v) is 8.18. The molecule has 0 saturated heterocycles. The molecule has 0 aliphatic carbocycles. The Labute approximate surface area is 200 Å². The molecule has 178 valence electrons. The third-order valence-electron chi connectivity index (χ3n) is 5.28. The van der Waals surface area contributed by atoms with E-state index in [0.29, 0.717) is 41.6 Å². The van der Waals surface area contributed by atoms with Gasteiger partial charge in [-0.25, -0.2) is 4.79 Å². The van der Waals surface area contributed by atoms with Crippen molar-refractivity contribution in [3.05, 3.63) is 89.5 Å². The molecule has 3 rings (SSSR count). The summed E-state index contributed by atoms with van der Waals surface area (Å²) in [6.07, 6.45) is -0.0902. The summed E-state index contributed by atoms with van der Waals surface area (Å²) >= 11 is 0. The minimum atomic E-state index is -1.02. The van der Waals surface area contributed by atoms with Gasteiger partial charge in [0.05, 0.1) is 18.8 Å². The fourth-order valence-corrected chi connectivity index (χ4v) is 3.23. The Morgan fingerprint density at radius 2 is 1.50 bits per heavy atom. The van der Waals surface area contributed by atoms with Gasteiger partial charge < -0.3 is 19.3 Å². The first kappa shape index (κ1) is 24.8.